The van der Waals surface area contributed by atoms with Gasteiger partial charge in [0.2, 0.25) is 0 Å². The van der Waals surface area contributed by atoms with Crippen molar-refractivity contribution in [3.8, 4) is 6.07 Å². The Balaban J connectivity index is 1.99. The van der Waals surface area contributed by atoms with Crippen LogP contribution in [0.15, 0.2) is 0 Å². The van der Waals surface area contributed by atoms with Crippen molar-refractivity contribution in [2.24, 2.45) is 11.8 Å². The zero-order chi connectivity index (χ0) is 11.4. The molecule has 2 nitrogen and oxygen atoms in total. The Hall–Kier alpha value is -0.200. The Kier molecular flexibility index (Phi) is 4.55. The van der Waals surface area contributed by atoms with E-state index in [2.05, 4.69) is 29.7 Å². The first-order chi connectivity index (χ1) is 7.85. The van der Waals surface area contributed by atoms with Crippen LogP contribution in [0.25, 0.3) is 0 Å². The first kappa shape index (κ1) is 12.3. The number of hydrogen-bond acceptors (Lipinski definition) is 3. The molecule has 0 bridgehead atoms. The van der Waals surface area contributed by atoms with Crippen LogP contribution >= 0.6 is 11.8 Å². The molecule has 1 saturated heterocycles. The average molecular weight is 238 g/mol. The van der Waals surface area contributed by atoms with Gasteiger partial charge in [-0.3, -0.25) is 4.90 Å². The molecule has 0 aromatic rings. The number of thioether (sulfide) groups is 1. The second-order valence-corrected chi connectivity index (χ2v) is 6.26. The highest BCUT2D eigenvalue weighted by Crippen LogP contribution is 2.34. The van der Waals surface area contributed by atoms with E-state index < -0.39 is 0 Å². The molecule has 3 atom stereocenters. The number of hydrogen-bond donors (Lipinski definition) is 0. The molecule has 1 saturated carbocycles. The van der Waals surface area contributed by atoms with Gasteiger partial charge in [0.1, 0.15) is 0 Å². The van der Waals surface area contributed by atoms with Crippen molar-refractivity contribution in [2.75, 3.05) is 24.6 Å². The zero-order valence-corrected chi connectivity index (χ0v) is 11.0. The molecular formula is C13H22N2S. The smallest absolute Gasteiger partial charge is 0.0672 e. The topological polar surface area (TPSA) is 27.0 Å². The van der Waals surface area contributed by atoms with Gasteiger partial charge in [-0.05, 0) is 25.2 Å². The molecule has 0 radical (unpaired) electrons. The molecule has 2 fully saturated rings. The van der Waals surface area contributed by atoms with Crippen molar-refractivity contribution in [1.29, 1.82) is 5.26 Å². The minimum atomic E-state index is 0.297. The maximum absolute atomic E-state index is 9.27. The van der Waals surface area contributed by atoms with Crippen LogP contribution in [0.4, 0.5) is 0 Å². The van der Waals surface area contributed by atoms with E-state index in [0.717, 1.165) is 12.3 Å². The van der Waals surface area contributed by atoms with Gasteiger partial charge in [-0.25, -0.2) is 0 Å². The van der Waals surface area contributed by atoms with E-state index in [0.29, 0.717) is 12.0 Å². The highest BCUT2D eigenvalue weighted by atomic mass is 32.2. The minimum absolute atomic E-state index is 0.297. The van der Waals surface area contributed by atoms with Crippen molar-refractivity contribution >= 4 is 11.8 Å². The average Bonchev–Trinajstić information content (AvgIpc) is 2.39. The number of nitrogens with zero attached hydrogens (tertiary/aromatic N) is 2. The largest absolute Gasteiger partial charge is 0.297 e. The summed E-state index contributed by atoms with van der Waals surface area (Å²) in [5.74, 6) is 3.67. The summed E-state index contributed by atoms with van der Waals surface area (Å²) in [6.07, 6.45) is 4.95. The van der Waals surface area contributed by atoms with Crippen LogP contribution in [-0.2, 0) is 0 Å². The first-order valence-electron chi connectivity index (χ1n) is 6.56. The summed E-state index contributed by atoms with van der Waals surface area (Å²) in [5, 5.41) is 9.27. The van der Waals surface area contributed by atoms with Crippen molar-refractivity contribution < 1.29 is 0 Å². The van der Waals surface area contributed by atoms with E-state index in [9.17, 15) is 5.26 Å². The highest BCUT2D eigenvalue weighted by Gasteiger charge is 2.34. The molecule has 90 valence electrons. The summed E-state index contributed by atoms with van der Waals surface area (Å²) in [6, 6.07) is 3.11. The molecule has 1 aliphatic heterocycles. The van der Waals surface area contributed by atoms with Gasteiger partial charge < -0.3 is 0 Å². The van der Waals surface area contributed by atoms with E-state index in [-0.39, 0.29) is 0 Å². The molecule has 2 rings (SSSR count). The Bertz CT molecular complexity index is 255. The van der Waals surface area contributed by atoms with Crippen LogP contribution in [0.3, 0.4) is 0 Å². The van der Waals surface area contributed by atoms with Gasteiger partial charge in [-0.15, -0.1) is 0 Å². The lowest BCUT2D eigenvalue weighted by Gasteiger charge is -2.41. The molecule has 1 aliphatic carbocycles. The minimum Gasteiger partial charge on any atom is -0.297 e. The lowest BCUT2D eigenvalue weighted by atomic mass is 9.77. The third-order valence-corrected chi connectivity index (χ3v) is 5.13. The highest BCUT2D eigenvalue weighted by molar-refractivity contribution is 7.99. The Labute approximate surface area is 103 Å². The fourth-order valence-corrected chi connectivity index (χ4v) is 4.00. The summed E-state index contributed by atoms with van der Waals surface area (Å²) >= 11 is 2.05. The Morgan fingerprint density at radius 3 is 2.69 bits per heavy atom. The van der Waals surface area contributed by atoms with Crippen LogP contribution in [-0.4, -0.2) is 35.5 Å². The molecule has 0 amide bonds. The second kappa shape index (κ2) is 5.93. The van der Waals surface area contributed by atoms with Gasteiger partial charge in [-0.2, -0.15) is 17.0 Å². The van der Waals surface area contributed by atoms with Crippen LogP contribution < -0.4 is 0 Å². The van der Waals surface area contributed by atoms with Gasteiger partial charge in [0.05, 0.1) is 12.0 Å². The Morgan fingerprint density at radius 1 is 1.31 bits per heavy atom. The van der Waals surface area contributed by atoms with Crippen LogP contribution in [0.2, 0.25) is 0 Å². The van der Waals surface area contributed by atoms with Crippen molar-refractivity contribution in [1.82, 2.24) is 4.90 Å². The molecule has 3 heteroatoms. The SMILES string of the molecule is CCC1CCC(C#N)C(N2CCSCC2)C1. The maximum Gasteiger partial charge on any atom is 0.0672 e. The molecule has 2 aliphatic rings. The van der Waals surface area contributed by atoms with Gasteiger partial charge in [0, 0.05) is 30.6 Å². The van der Waals surface area contributed by atoms with E-state index in [1.54, 1.807) is 0 Å². The number of nitriles is 1. The molecule has 0 aromatic carbocycles. The lowest BCUT2D eigenvalue weighted by molar-refractivity contribution is 0.109. The zero-order valence-electron chi connectivity index (χ0n) is 10.2. The van der Waals surface area contributed by atoms with Crippen LogP contribution in [0.5, 0.6) is 0 Å². The molecule has 16 heavy (non-hydrogen) atoms. The van der Waals surface area contributed by atoms with Crippen molar-refractivity contribution in [3.05, 3.63) is 0 Å². The predicted octanol–water partition coefficient (Wildman–Crippen LogP) is 2.75. The fraction of sp³-hybridized carbons (Fsp3) is 0.923. The standard InChI is InChI=1S/C13H22N2S/c1-2-11-3-4-12(10-14)13(9-11)15-5-7-16-8-6-15/h11-13H,2-9H2,1H3. The summed E-state index contributed by atoms with van der Waals surface area (Å²) in [7, 11) is 0. The lowest BCUT2D eigenvalue weighted by Crippen LogP contribution is -2.47. The van der Waals surface area contributed by atoms with Crippen molar-refractivity contribution in [3.63, 3.8) is 0 Å². The summed E-state index contributed by atoms with van der Waals surface area (Å²) in [6.45, 7) is 4.69. The van der Waals surface area contributed by atoms with Gasteiger partial charge >= 0.3 is 0 Å². The molecule has 1 heterocycles. The third kappa shape index (κ3) is 2.73. The predicted molar refractivity (Wildman–Crippen MR) is 69.4 cm³/mol. The van der Waals surface area contributed by atoms with Gasteiger partial charge in [-0.1, -0.05) is 13.3 Å². The van der Waals surface area contributed by atoms with E-state index in [1.807, 2.05) is 0 Å². The monoisotopic (exact) mass is 238 g/mol. The van der Waals surface area contributed by atoms with Gasteiger partial charge in [0.25, 0.3) is 0 Å². The van der Waals surface area contributed by atoms with Crippen LogP contribution in [0.1, 0.15) is 32.6 Å². The summed E-state index contributed by atoms with van der Waals surface area (Å²) in [4.78, 5) is 2.59. The molecule has 0 aromatic heterocycles. The number of rotatable bonds is 2. The molecule has 0 N–H and O–H groups in total. The van der Waals surface area contributed by atoms with E-state index >= 15 is 0 Å². The third-order valence-electron chi connectivity index (χ3n) is 4.18. The first-order valence-corrected chi connectivity index (χ1v) is 7.72. The second-order valence-electron chi connectivity index (χ2n) is 5.04. The molecular weight excluding hydrogens is 216 g/mol. The Morgan fingerprint density at radius 2 is 2.06 bits per heavy atom. The normalized spacial score (nSPS) is 36.9. The van der Waals surface area contributed by atoms with E-state index in [1.165, 1.54) is 43.9 Å². The molecule has 3 unspecified atom stereocenters. The van der Waals surface area contributed by atoms with Crippen LogP contribution in [0, 0.1) is 23.2 Å². The van der Waals surface area contributed by atoms with Crippen molar-refractivity contribution in [2.45, 2.75) is 38.6 Å². The maximum atomic E-state index is 9.27. The fourth-order valence-electron chi connectivity index (χ4n) is 3.07. The van der Waals surface area contributed by atoms with E-state index in [4.69, 9.17) is 0 Å². The quantitative estimate of drug-likeness (QED) is 0.740. The van der Waals surface area contributed by atoms with Gasteiger partial charge in [0.15, 0.2) is 0 Å². The summed E-state index contributed by atoms with van der Waals surface area (Å²) < 4.78 is 0. The molecule has 0 spiro atoms. The summed E-state index contributed by atoms with van der Waals surface area (Å²) in [5.41, 5.74) is 0.